The molecule has 1 aliphatic rings. The SMILES string of the molecule is CCN1CCCC1CNc1c(C(=O)O)c(C)nn1C. The Labute approximate surface area is 113 Å². The van der Waals surface area contributed by atoms with Crippen LogP contribution in [0.4, 0.5) is 5.82 Å². The number of carboxylic acid groups (broad SMARTS) is 1. The van der Waals surface area contributed by atoms with Gasteiger partial charge >= 0.3 is 5.97 Å². The average molecular weight is 266 g/mol. The molecule has 106 valence electrons. The number of likely N-dealkylation sites (N-methyl/N-ethyl adjacent to an activating group) is 1. The molecule has 0 spiro atoms. The molecule has 19 heavy (non-hydrogen) atoms. The van der Waals surface area contributed by atoms with E-state index in [1.807, 2.05) is 0 Å². The third-order valence-corrected chi connectivity index (χ3v) is 3.85. The van der Waals surface area contributed by atoms with Gasteiger partial charge in [-0.15, -0.1) is 0 Å². The van der Waals surface area contributed by atoms with E-state index in [4.69, 9.17) is 0 Å². The van der Waals surface area contributed by atoms with E-state index < -0.39 is 5.97 Å². The third kappa shape index (κ3) is 2.73. The predicted molar refractivity (Wildman–Crippen MR) is 73.7 cm³/mol. The lowest BCUT2D eigenvalue weighted by Crippen LogP contribution is -2.35. The molecule has 2 heterocycles. The van der Waals surface area contributed by atoms with Gasteiger partial charge in [-0.2, -0.15) is 5.10 Å². The summed E-state index contributed by atoms with van der Waals surface area (Å²) in [4.78, 5) is 13.7. The van der Waals surface area contributed by atoms with Crippen molar-refractivity contribution in [2.24, 2.45) is 7.05 Å². The van der Waals surface area contributed by atoms with Crippen LogP contribution in [0.1, 0.15) is 35.8 Å². The van der Waals surface area contributed by atoms with Crippen LogP contribution >= 0.6 is 0 Å². The largest absolute Gasteiger partial charge is 0.477 e. The third-order valence-electron chi connectivity index (χ3n) is 3.85. The standard InChI is InChI=1S/C13H22N4O2/c1-4-17-7-5-6-10(17)8-14-12-11(13(18)19)9(2)15-16(12)3/h10,14H,4-8H2,1-3H3,(H,18,19). The fourth-order valence-corrected chi connectivity index (χ4v) is 2.87. The van der Waals surface area contributed by atoms with Gasteiger partial charge in [-0.1, -0.05) is 6.92 Å². The van der Waals surface area contributed by atoms with Crippen LogP contribution in [0.2, 0.25) is 0 Å². The second-order valence-corrected chi connectivity index (χ2v) is 5.04. The Kier molecular flexibility index (Phi) is 4.09. The minimum Gasteiger partial charge on any atom is -0.477 e. The highest BCUT2D eigenvalue weighted by Crippen LogP contribution is 2.21. The Bertz CT molecular complexity index is 469. The lowest BCUT2D eigenvalue weighted by Gasteiger charge is -2.23. The highest BCUT2D eigenvalue weighted by Gasteiger charge is 2.25. The van der Waals surface area contributed by atoms with Crippen LogP contribution in [0.25, 0.3) is 0 Å². The number of aryl methyl sites for hydroxylation is 2. The Balaban J connectivity index is 2.09. The molecule has 0 amide bonds. The van der Waals surface area contributed by atoms with E-state index in [1.54, 1.807) is 18.7 Å². The molecule has 0 aliphatic carbocycles. The van der Waals surface area contributed by atoms with Crippen LogP contribution in [0.3, 0.4) is 0 Å². The first-order chi connectivity index (χ1) is 9.04. The van der Waals surface area contributed by atoms with Crippen LogP contribution in [-0.4, -0.2) is 51.4 Å². The molecule has 1 saturated heterocycles. The quantitative estimate of drug-likeness (QED) is 0.841. The molecular weight excluding hydrogens is 244 g/mol. The fourth-order valence-electron chi connectivity index (χ4n) is 2.87. The number of likely N-dealkylation sites (tertiary alicyclic amines) is 1. The van der Waals surface area contributed by atoms with Crippen molar-refractivity contribution in [2.45, 2.75) is 32.7 Å². The molecule has 6 heteroatoms. The van der Waals surface area contributed by atoms with Gasteiger partial charge in [0.2, 0.25) is 0 Å². The molecule has 1 aromatic heterocycles. The van der Waals surface area contributed by atoms with Crippen LogP contribution < -0.4 is 5.32 Å². The highest BCUT2D eigenvalue weighted by molar-refractivity contribution is 5.94. The fraction of sp³-hybridized carbons (Fsp3) is 0.692. The van der Waals surface area contributed by atoms with Crippen molar-refractivity contribution in [1.29, 1.82) is 0 Å². The number of rotatable bonds is 5. The zero-order valence-electron chi connectivity index (χ0n) is 11.8. The molecule has 1 aliphatic heterocycles. The van der Waals surface area contributed by atoms with E-state index in [9.17, 15) is 9.90 Å². The van der Waals surface area contributed by atoms with E-state index in [2.05, 4.69) is 22.2 Å². The molecule has 1 fully saturated rings. The van der Waals surface area contributed by atoms with Gasteiger partial charge in [0.25, 0.3) is 0 Å². The number of anilines is 1. The highest BCUT2D eigenvalue weighted by atomic mass is 16.4. The number of hydrogen-bond acceptors (Lipinski definition) is 4. The lowest BCUT2D eigenvalue weighted by atomic mass is 10.2. The van der Waals surface area contributed by atoms with Crippen LogP contribution in [0.15, 0.2) is 0 Å². The summed E-state index contributed by atoms with van der Waals surface area (Å²) in [5.74, 6) is -0.320. The van der Waals surface area contributed by atoms with Gasteiger partial charge in [0, 0.05) is 19.6 Å². The Morgan fingerprint density at radius 3 is 2.95 bits per heavy atom. The molecule has 0 radical (unpaired) electrons. The lowest BCUT2D eigenvalue weighted by molar-refractivity contribution is 0.0697. The van der Waals surface area contributed by atoms with Crippen molar-refractivity contribution >= 4 is 11.8 Å². The zero-order chi connectivity index (χ0) is 14.0. The number of carboxylic acids is 1. The summed E-state index contributed by atoms with van der Waals surface area (Å²) in [6.07, 6.45) is 2.39. The monoisotopic (exact) mass is 266 g/mol. The van der Waals surface area contributed by atoms with Gasteiger partial charge in [0.1, 0.15) is 11.4 Å². The van der Waals surface area contributed by atoms with Gasteiger partial charge in [-0.05, 0) is 32.9 Å². The first-order valence-electron chi connectivity index (χ1n) is 6.79. The molecule has 2 N–H and O–H groups in total. The van der Waals surface area contributed by atoms with Crippen molar-refractivity contribution in [2.75, 3.05) is 25.0 Å². The minimum atomic E-state index is -0.924. The molecule has 6 nitrogen and oxygen atoms in total. The maximum absolute atomic E-state index is 11.3. The van der Waals surface area contributed by atoms with Gasteiger partial charge in [-0.3, -0.25) is 9.58 Å². The van der Waals surface area contributed by atoms with E-state index in [0.29, 0.717) is 17.6 Å². The number of nitrogens with one attached hydrogen (secondary N) is 1. The maximum atomic E-state index is 11.3. The first-order valence-corrected chi connectivity index (χ1v) is 6.79. The molecule has 0 aromatic carbocycles. The number of carbonyl (C=O) groups is 1. The molecule has 2 rings (SSSR count). The van der Waals surface area contributed by atoms with Crippen molar-refractivity contribution in [3.05, 3.63) is 11.3 Å². The summed E-state index contributed by atoms with van der Waals surface area (Å²) in [5.41, 5.74) is 0.833. The summed E-state index contributed by atoms with van der Waals surface area (Å²) in [7, 11) is 1.77. The van der Waals surface area contributed by atoms with Crippen molar-refractivity contribution < 1.29 is 9.90 Å². The second-order valence-electron chi connectivity index (χ2n) is 5.04. The molecule has 0 bridgehead atoms. The topological polar surface area (TPSA) is 70.4 Å². The van der Waals surface area contributed by atoms with E-state index >= 15 is 0 Å². The number of hydrogen-bond donors (Lipinski definition) is 2. The Hall–Kier alpha value is -1.56. The van der Waals surface area contributed by atoms with Crippen molar-refractivity contribution in [3.8, 4) is 0 Å². The molecular formula is C13H22N4O2. The minimum absolute atomic E-state index is 0.281. The van der Waals surface area contributed by atoms with Crippen molar-refractivity contribution in [3.63, 3.8) is 0 Å². The number of aromatic carboxylic acids is 1. The molecule has 1 unspecified atom stereocenters. The summed E-state index contributed by atoms with van der Waals surface area (Å²) in [6.45, 7) is 6.84. The summed E-state index contributed by atoms with van der Waals surface area (Å²) >= 11 is 0. The normalized spacial score (nSPS) is 19.8. The molecule has 1 aromatic rings. The predicted octanol–water partition coefficient (Wildman–Crippen LogP) is 1.32. The Morgan fingerprint density at radius 2 is 2.32 bits per heavy atom. The molecule has 0 saturated carbocycles. The van der Waals surface area contributed by atoms with E-state index in [1.165, 1.54) is 12.8 Å². The second kappa shape index (κ2) is 5.61. The van der Waals surface area contributed by atoms with Crippen LogP contribution in [0, 0.1) is 6.92 Å². The van der Waals surface area contributed by atoms with Crippen molar-refractivity contribution in [1.82, 2.24) is 14.7 Å². The summed E-state index contributed by atoms with van der Waals surface area (Å²) in [5, 5.41) is 16.7. The first kappa shape index (κ1) is 13.9. The van der Waals surface area contributed by atoms with Crippen LogP contribution in [0.5, 0.6) is 0 Å². The summed E-state index contributed by atoms with van der Waals surface area (Å²) in [6, 6.07) is 0.488. The Morgan fingerprint density at radius 1 is 1.58 bits per heavy atom. The number of nitrogens with zero attached hydrogens (tertiary/aromatic N) is 3. The van der Waals surface area contributed by atoms with Gasteiger partial charge < -0.3 is 10.4 Å². The molecule has 1 atom stereocenters. The van der Waals surface area contributed by atoms with Crippen LogP contribution in [-0.2, 0) is 7.05 Å². The maximum Gasteiger partial charge on any atom is 0.341 e. The van der Waals surface area contributed by atoms with E-state index in [0.717, 1.165) is 19.6 Å². The van der Waals surface area contributed by atoms with Gasteiger partial charge in [0.15, 0.2) is 0 Å². The number of aromatic nitrogens is 2. The van der Waals surface area contributed by atoms with E-state index in [-0.39, 0.29) is 5.56 Å². The van der Waals surface area contributed by atoms with Gasteiger partial charge in [-0.25, -0.2) is 4.79 Å². The smallest absolute Gasteiger partial charge is 0.341 e. The summed E-state index contributed by atoms with van der Waals surface area (Å²) < 4.78 is 1.62. The zero-order valence-corrected chi connectivity index (χ0v) is 11.8. The average Bonchev–Trinajstić information content (AvgIpc) is 2.90. The van der Waals surface area contributed by atoms with Gasteiger partial charge in [0.05, 0.1) is 5.69 Å².